The van der Waals surface area contributed by atoms with Crippen LogP contribution in [0.2, 0.25) is 0 Å². The van der Waals surface area contributed by atoms with E-state index in [9.17, 15) is 0 Å². The standard InChI is InChI=1S/C16H25NO/c1-4-12(2)13-7-9-15(10-8-13)17-16(11-18-3)14-5-6-14/h7-10,12,14,16-17H,4-6,11H2,1-3H3. The molecule has 1 aromatic rings. The van der Waals surface area contributed by atoms with Gasteiger partial charge in [0, 0.05) is 12.8 Å². The Kier molecular flexibility index (Phi) is 4.65. The minimum absolute atomic E-state index is 0.476. The number of benzene rings is 1. The second kappa shape index (κ2) is 6.24. The molecule has 2 heteroatoms. The largest absolute Gasteiger partial charge is 0.383 e. The number of nitrogens with one attached hydrogen (secondary N) is 1. The second-order valence-corrected chi connectivity index (χ2v) is 5.47. The molecule has 1 aromatic carbocycles. The third kappa shape index (κ3) is 3.49. The SMILES string of the molecule is CCC(C)c1ccc(NC(COC)C2CC2)cc1. The molecule has 0 spiro atoms. The molecule has 0 aliphatic heterocycles. The number of rotatable bonds is 7. The minimum Gasteiger partial charge on any atom is -0.383 e. The van der Waals surface area contributed by atoms with E-state index in [1.165, 1.54) is 30.5 Å². The number of methoxy groups -OCH3 is 1. The van der Waals surface area contributed by atoms with E-state index in [1.807, 2.05) is 0 Å². The zero-order valence-electron chi connectivity index (χ0n) is 11.8. The molecule has 1 saturated carbocycles. The van der Waals surface area contributed by atoms with E-state index in [2.05, 4.69) is 43.4 Å². The Bertz CT molecular complexity index is 356. The highest BCUT2D eigenvalue weighted by molar-refractivity contribution is 5.46. The Labute approximate surface area is 111 Å². The van der Waals surface area contributed by atoms with E-state index in [0.29, 0.717) is 12.0 Å². The topological polar surface area (TPSA) is 21.3 Å². The van der Waals surface area contributed by atoms with E-state index < -0.39 is 0 Å². The Hall–Kier alpha value is -1.02. The maximum Gasteiger partial charge on any atom is 0.0666 e. The van der Waals surface area contributed by atoms with Crippen molar-refractivity contribution in [1.29, 1.82) is 0 Å². The summed E-state index contributed by atoms with van der Waals surface area (Å²) in [6, 6.07) is 9.36. The molecule has 0 heterocycles. The molecule has 0 saturated heterocycles. The van der Waals surface area contributed by atoms with Gasteiger partial charge in [-0.2, -0.15) is 0 Å². The van der Waals surface area contributed by atoms with Crippen LogP contribution < -0.4 is 5.32 Å². The van der Waals surface area contributed by atoms with Gasteiger partial charge in [0.1, 0.15) is 0 Å². The molecule has 1 aliphatic rings. The summed E-state index contributed by atoms with van der Waals surface area (Å²) in [7, 11) is 1.78. The molecule has 0 aromatic heterocycles. The maximum atomic E-state index is 5.29. The van der Waals surface area contributed by atoms with Crippen molar-refractivity contribution < 1.29 is 4.74 Å². The number of hydrogen-bond acceptors (Lipinski definition) is 2. The van der Waals surface area contributed by atoms with Crippen LogP contribution in [-0.2, 0) is 4.74 Å². The lowest BCUT2D eigenvalue weighted by molar-refractivity contribution is 0.179. The van der Waals surface area contributed by atoms with Crippen molar-refractivity contribution in [3.63, 3.8) is 0 Å². The summed E-state index contributed by atoms with van der Waals surface area (Å²) >= 11 is 0. The molecule has 18 heavy (non-hydrogen) atoms. The van der Waals surface area contributed by atoms with Gasteiger partial charge in [-0.25, -0.2) is 0 Å². The van der Waals surface area contributed by atoms with Crippen molar-refractivity contribution >= 4 is 5.69 Å². The van der Waals surface area contributed by atoms with E-state index in [-0.39, 0.29) is 0 Å². The molecule has 0 bridgehead atoms. The quantitative estimate of drug-likeness (QED) is 0.785. The summed E-state index contributed by atoms with van der Waals surface area (Å²) in [6.45, 7) is 5.32. The number of hydrogen-bond donors (Lipinski definition) is 1. The first-order valence-electron chi connectivity index (χ1n) is 7.10. The van der Waals surface area contributed by atoms with Gasteiger partial charge in [0.25, 0.3) is 0 Å². The summed E-state index contributed by atoms with van der Waals surface area (Å²) in [5.74, 6) is 1.46. The summed E-state index contributed by atoms with van der Waals surface area (Å²) in [4.78, 5) is 0. The molecule has 2 atom stereocenters. The van der Waals surface area contributed by atoms with E-state index in [1.54, 1.807) is 7.11 Å². The Morgan fingerprint density at radius 3 is 2.44 bits per heavy atom. The summed E-state index contributed by atoms with van der Waals surface area (Å²) in [6.07, 6.45) is 3.87. The summed E-state index contributed by atoms with van der Waals surface area (Å²) in [5, 5.41) is 3.60. The number of anilines is 1. The van der Waals surface area contributed by atoms with Crippen LogP contribution in [0.1, 0.15) is 44.6 Å². The zero-order chi connectivity index (χ0) is 13.0. The highest BCUT2D eigenvalue weighted by Crippen LogP contribution is 2.34. The lowest BCUT2D eigenvalue weighted by atomic mass is 9.98. The second-order valence-electron chi connectivity index (χ2n) is 5.47. The highest BCUT2D eigenvalue weighted by atomic mass is 16.5. The van der Waals surface area contributed by atoms with E-state index in [0.717, 1.165) is 12.5 Å². The van der Waals surface area contributed by atoms with Crippen molar-refractivity contribution in [3.05, 3.63) is 29.8 Å². The van der Waals surface area contributed by atoms with Crippen molar-refractivity contribution in [1.82, 2.24) is 0 Å². The molecule has 1 fully saturated rings. The third-order valence-corrected chi connectivity index (χ3v) is 3.98. The minimum atomic E-state index is 0.476. The van der Waals surface area contributed by atoms with Gasteiger partial charge < -0.3 is 10.1 Å². The Balaban J connectivity index is 1.96. The normalized spacial score (nSPS) is 18.4. The third-order valence-electron chi connectivity index (χ3n) is 3.98. The van der Waals surface area contributed by atoms with Gasteiger partial charge >= 0.3 is 0 Å². The van der Waals surface area contributed by atoms with Gasteiger partial charge in [-0.1, -0.05) is 26.0 Å². The van der Waals surface area contributed by atoms with Gasteiger partial charge in [-0.3, -0.25) is 0 Å². The molecule has 2 unspecified atom stereocenters. The average Bonchev–Trinajstić information content (AvgIpc) is 3.22. The Morgan fingerprint density at radius 2 is 1.94 bits per heavy atom. The first-order valence-corrected chi connectivity index (χ1v) is 7.10. The first-order chi connectivity index (χ1) is 8.74. The molecule has 2 rings (SSSR count). The fourth-order valence-electron chi connectivity index (χ4n) is 2.33. The number of ether oxygens (including phenoxy) is 1. The molecule has 1 aliphatic carbocycles. The van der Waals surface area contributed by atoms with Crippen LogP contribution in [0.25, 0.3) is 0 Å². The fraction of sp³-hybridized carbons (Fsp3) is 0.625. The predicted molar refractivity (Wildman–Crippen MR) is 77.2 cm³/mol. The van der Waals surface area contributed by atoms with Crippen LogP contribution in [0, 0.1) is 5.92 Å². The van der Waals surface area contributed by atoms with Crippen LogP contribution in [-0.4, -0.2) is 19.8 Å². The molecular formula is C16H25NO. The molecular weight excluding hydrogens is 222 g/mol. The van der Waals surface area contributed by atoms with E-state index in [4.69, 9.17) is 4.74 Å². The Morgan fingerprint density at radius 1 is 1.28 bits per heavy atom. The molecule has 0 radical (unpaired) electrons. The zero-order valence-corrected chi connectivity index (χ0v) is 11.8. The highest BCUT2D eigenvalue weighted by Gasteiger charge is 2.30. The smallest absolute Gasteiger partial charge is 0.0666 e. The summed E-state index contributed by atoms with van der Waals surface area (Å²) in [5.41, 5.74) is 2.65. The predicted octanol–water partition coefficient (Wildman–Crippen LogP) is 4.04. The molecule has 1 N–H and O–H groups in total. The van der Waals surface area contributed by atoms with Crippen LogP contribution >= 0.6 is 0 Å². The van der Waals surface area contributed by atoms with Gasteiger partial charge in [0.05, 0.1) is 12.6 Å². The van der Waals surface area contributed by atoms with Crippen molar-refractivity contribution in [3.8, 4) is 0 Å². The van der Waals surface area contributed by atoms with E-state index >= 15 is 0 Å². The summed E-state index contributed by atoms with van der Waals surface area (Å²) < 4.78 is 5.29. The average molecular weight is 247 g/mol. The van der Waals surface area contributed by atoms with Crippen LogP contribution in [0.3, 0.4) is 0 Å². The molecule has 2 nitrogen and oxygen atoms in total. The van der Waals surface area contributed by atoms with Crippen LogP contribution in [0.15, 0.2) is 24.3 Å². The molecule has 0 amide bonds. The van der Waals surface area contributed by atoms with Gasteiger partial charge in [-0.15, -0.1) is 0 Å². The lowest BCUT2D eigenvalue weighted by Gasteiger charge is -2.19. The fourth-order valence-corrected chi connectivity index (χ4v) is 2.33. The molecule has 100 valence electrons. The van der Waals surface area contributed by atoms with Gasteiger partial charge in [-0.05, 0) is 48.8 Å². The lowest BCUT2D eigenvalue weighted by Crippen LogP contribution is -2.27. The van der Waals surface area contributed by atoms with Crippen LogP contribution in [0.5, 0.6) is 0 Å². The van der Waals surface area contributed by atoms with Crippen molar-refractivity contribution in [2.75, 3.05) is 19.0 Å². The first kappa shape index (κ1) is 13.4. The monoisotopic (exact) mass is 247 g/mol. The van der Waals surface area contributed by atoms with Crippen LogP contribution in [0.4, 0.5) is 5.69 Å². The van der Waals surface area contributed by atoms with Gasteiger partial charge in [0.2, 0.25) is 0 Å². The van der Waals surface area contributed by atoms with Gasteiger partial charge in [0.15, 0.2) is 0 Å². The van der Waals surface area contributed by atoms with Crippen molar-refractivity contribution in [2.24, 2.45) is 5.92 Å². The maximum absolute atomic E-state index is 5.29. The van der Waals surface area contributed by atoms with Crippen molar-refractivity contribution in [2.45, 2.75) is 45.1 Å².